The molecule has 0 unspecified atom stereocenters. The van der Waals surface area contributed by atoms with Gasteiger partial charge >= 0.3 is 0 Å². The molecular weight excluding hydrogens is 446 g/mol. The zero-order valence-corrected chi connectivity index (χ0v) is 21.0. The van der Waals surface area contributed by atoms with Crippen LogP contribution in [-0.2, 0) is 19.4 Å². The minimum Gasteiger partial charge on any atom is -0.480 e. The van der Waals surface area contributed by atoms with Gasteiger partial charge in [0.05, 0.1) is 12.8 Å². The van der Waals surface area contributed by atoms with Crippen molar-refractivity contribution in [2.75, 3.05) is 7.11 Å². The molecule has 0 aliphatic rings. The summed E-state index contributed by atoms with van der Waals surface area (Å²) < 4.78 is 12.0. The summed E-state index contributed by atoms with van der Waals surface area (Å²) in [5.41, 5.74) is 7.14. The van der Waals surface area contributed by atoms with Crippen molar-refractivity contribution in [3.05, 3.63) is 107 Å². The van der Waals surface area contributed by atoms with Crippen molar-refractivity contribution in [3.8, 4) is 23.0 Å². The van der Waals surface area contributed by atoms with E-state index < -0.39 is 0 Å². The first-order valence-electron chi connectivity index (χ1n) is 12.4. The molecule has 0 radical (unpaired) electrons. The molecule has 0 fully saturated rings. The Labute approximate surface area is 212 Å². The molecule has 0 bridgehead atoms. The molecule has 36 heavy (non-hydrogen) atoms. The third-order valence-corrected chi connectivity index (χ3v) is 6.20. The second-order valence-corrected chi connectivity index (χ2v) is 9.37. The lowest BCUT2D eigenvalue weighted by atomic mass is 10.0. The maximum atomic E-state index is 6.25. The molecule has 3 aromatic carbocycles. The highest BCUT2D eigenvalue weighted by atomic mass is 16.5. The van der Waals surface area contributed by atoms with Crippen LogP contribution in [0.15, 0.2) is 84.9 Å². The zero-order valence-electron chi connectivity index (χ0n) is 21.0. The van der Waals surface area contributed by atoms with E-state index in [0.717, 1.165) is 45.7 Å². The molecule has 2 heterocycles. The number of nitrogens with zero attached hydrogens (tertiary/aromatic N) is 2. The summed E-state index contributed by atoms with van der Waals surface area (Å²) in [6, 6.07) is 28.9. The number of hydrogen-bond acceptors (Lipinski definition) is 4. The number of ether oxygens (including phenoxy) is 2. The first-order valence-corrected chi connectivity index (χ1v) is 12.4. The van der Waals surface area contributed by atoms with Crippen LogP contribution in [0.25, 0.3) is 22.2 Å². The van der Waals surface area contributed by atoms with Crippen LogP contribution in [-0.4, -0.2) is 22.1 Å². The minimum absolute atomic E-state index is 0.409. The lowest BCUT2D eigenvalue weighted by Gasteiger charge is -2.16. The van der Waals surface area contributed by atoms with Crippen molar-refractivity contribution in [3.63, 3.8) is 0 Å². The van der Waals surface area contributed by atoms with E-state index in [-0.39, 0.29) is 0 Å². The quantitative estimate of drug-likeness (QED) is 0.248. The van der Waals surface area contributed by atoms with E-state index in [9.17, 15) is 0 Å². The monoisotopic (exact) mass is 477 g/mol. The Morgan fingerprint density at radius 2 is 1.44 bits per heavy atom. The normalized spacial score (nSPS) is 11.2. The maximum Gasteiger partial charge on any atom is 0.236 e. The van der Waals surface area contributed by atoms with Crippen molar-refractivity contribution in [2.45, 2.75) is 33.3 Å². The number of benzene rings is 3. The first kappa shape index (κ1) is 23.6. The summed E-state index contributed by atoms with van der Waals surface area (Å²) in [7, 11) is 1.66. The molecule has 1 N–H and O–H groups in total. The molecule has 0 aliphatic heterocycles. The zero-order chi connectivity index (χ0) is 24.9. The van der Waals surface area contributed by atoms with Gasteiger partial charge in [0.15, 0.2) is 0 Å². The topological polar surface area (TPSA) is 60.0 Å². The van der Waals surface area contributed by atoms with Crippen LogP contribution < -0.4 is 9.47 Å². The Hall–Kier alpha value is -4.12. The largest absolute Gasteiger partial charge is 0.480 e. The number of para-hydroxylation sites is 1. The number of methoxy groups -OCH3 is 1. The molecule has 0 atom stereocenters. The number of fused-ring (bicyclic) bond motifs is 1. The molecule has 0 aliphatic carbocycles. The van der Waals surface area contributed by atoms with Crippen molar-refractivity contribution in [2.24, 2.45) is 5.92 Å². The summed E-state index contributed by atoms with van der Waals surface area (Å²) in [6.07, 6.45) is 1.32. The molecular formula is C31H31N3O2. The third kappa shape index (κ3) is 5.10. The second-order valence-electron chi connectivity index (χ2n) is 9.37. The number of aromatic amines is 1. The van der Waals surface area contributed by atoms with Crippen molar-refractivity contribution in [1.29, 1.82) is 0 Å². The number of H-pyrrole nitrogens is 1. The van der Waals surface area contributed by atoms with Crippen LogP contribution in [0.4, 0.5) is 0 Å². The van der Waals surface area contributed by atoms with E-state index in [2.05, 4.69) is 73.4 Å². The van der Waals surface area contributed by atoms with Crippen LogP contribution in [0.1, 0.15) is 36.4 Å². The van der Waals surface area contributed by atoms with Gasteiger partial charge in [-0.1, -0.05) is 92.7 Å². The Bertz CT molecular complexity index is 1440. The highest BCUT2D eigenvalue weighted by Gasteiger charge is 2.21. The van der Waals surface area contributed by atoms with Crippen molar-refractivity contribution < 1.29 is 9.47 Å². The van der Waals surface area contributed by atoms with Crippen LogP contribution in [0.2, 0.25) is 0 Å². The SMILES string of the molecule is COc1nc(CC(C)C)c(OCc2ccccc2)nc1Cc1c(-c2ccccc2)[nH]c2ccccc12. The number of hydrogen-bond donors (Lipinski definition) is 1. The lowest BCUT2D eigenvalue weighted by Crippen LogP contribution is -2.10. The average molecular weight is 478 g/mol. The van der Waals surface area contributed by atoms with E-state index in [0.29, 0.717) is 30.7 Å². The molecule has 0 saturated heterocycles. The van der Waals surface area contributed by atoms with Gasteiger partial charge in [-0.25, -0.2) is 9.97 Å². The summed E-state index contributed by atoms with van der Waals surface area (Å²) >= 11 is 0. The summed E-state index contributed by atoms with van der Waals surface area (Å²) in [4.78, 5) is 13.5. The van der Waals surface area contributed by atoms with Crippen LogP contribution in [0, 0.1) is 5.92 Å². The van der Waals surface area contributed by atoms with E-state index in [4.69, 9.17) is 19.4 Å². The predicted molar refractivity (Wildman–Crippen MR) is 144 cm³/mol. The molecule has 5 heteroatoms. The third-order valence-electron chi connectivity index (χ3n) is 6.20. The highest BCUT2D eigenvalue weighted by molar-refractivity contribution is 5.91. The fourth-order valence-corrected chi connectivity index (χ4v) is 4.51. The Morgan fingerprint density at radius 3 is 2.17 bits per heavy atom. The summed E-state index contributed by atoms with van der Waals surface area (Å²) in [5, 5.41) is 1.17. The molecule has 0 saturated carbocycles. The van der Waals surface area contributed by atoms with Gasteiger partial charge in [-0.3, -0.25) is 0 Å². The van der Waals surface area contributed by atoms with Gasteiger partial charge in [-0.05, 0) is 35.1 Å². The van der Waals surface area contributed by atoms with Crippen LogP contribution in [0.5, 0.6) is 11.8 Å². The molecule has 2 aromatic heterocycles. The Kier molecular flexibility index (Phi) is 6.99. The summed E-state index contributed by atoms with van der Waals surface area (Å²) in [6.45, 7) is 4.77. The van der Waals surface area contributed by atoms with Gasteiger partial charge in [-0.15, -0.1) is 0 Å². The maximum absolute atomic E-state index is 6.25. The molecule has 0 amide bonds. The van der Waals surface area contributed by atoms with E-state index >= 15 is 0 Å². The summed E-state index contributed by atoms with van der Waals surface area (Å²) in [5.74, 6) is 1.53. The predicted octanol–water partition coefficient (Wildman–Crippen LogP) is 7.00. The fourth-order valence-electron chi connectivity index (χ4n) is 4.51. The molecule has 182 valence electrons. The molecule has 0 spiro atoms. The second kappa shape index (κ2) is 10.6. The average Bonchev–Trinajstić information content (AvgIpc) is 3.27. The molecule has 5 rings (SSSR count). The lowest BCUT2D eigenvalue weighted by molar-refractivity contribution is 0.282. The Balaban J connectivity index is 1.58. The van der Waals surface area contributed by atoms with Crippen LogP contribution >= 0.6 is 0 Å². The van der Waals surface area contributed by atoms with E-state index in [1.807, 2.05) is 30.3 Å². The first-order chi connectivity index (χ1) is 17.6. The van der Waals surface area contributed by atoms with Crippen molar-refractivity contribution in [1.82, 2.24) is 15.0 Å². The minimum atomic E-state index is 0.409. The molecule has 5 aromatic rings. The van der Waals surface area contributed by atoms with Gasteiger partial charge in [0.2, 0.25) is 11.8 Å². The Morgan fingerprint density at radius 1 is 0.778 bits per heavy atom. The van der Waals surface area contributed by atoms with Gasteiger partial charge in [-0.2, -0.15) is 0 Å². The van der Waals surface area contributed by atoms with Gasteiger partial charge in [0.1, 0.15) is 18.0 Å². The smallest absolute Gasteiger partial charge is 0.236 e. The number of aromatic nitrogens is 3. The highest BCUT2D eigenvalue weighted by Crippen LogP contribution is 2.34. The van der Waals surface area contributed by atoms with Gasteiger partial charge in [0, 0.05) is 17.3 Å². The van der Waals surface area contributed by atoms with Gasteiger partial charge < -0.3 is 14.5 Å². The van der Waals surface area contributed by atoms with E-state index in [1.54, 1.807) is 7.11 Å². The fraction of sp³-hybridized carbons (Fsp3) is 0.226. The van der Waals surface area contributed by atoms with Gasteiger partial charge in [0.25, 0.3) is 0 Å². The number of rotatable bonds is 9. The van der Waals surface area contributed by atoms with Crippen molar-refractivity contribution >= 4 is 10.9 Å². The van der Waals surface area contributed by atoms with E-state index in [1.165, 1.54) is 5.39 Å². The number of nitrogens with one attached hydrogen (secondary N) is 1. The van der Waals surface area contributed by atoms with Crippen LogP contribution in [0.3, 0.4) is 0 Å². The molecule has 5 nitrogen and oxygen atoms in total. The standard InChI is InChI=1S/C31H31N3O2/c1-21(2)18-27-31(36-20-22-12-6-4-7-13-22)34-28(30(33-27)35-3)19-25-24-16-10-11-17-26(24)32-29(25)23-14-8-5-9-15-23/h4-17,21,32H,18-20H2,1-3H3.